The van der Waals surface area contributed by atoms with E-state index in [1.165, 1.54) is 0 Å². The minimum Gasteiger partial charge on any atom is -0.456 e. The van der Waals surface area contributed by atoms with Gasteiger partial charge in [0.25, 0.3) is 0 Å². The third-order valence-corrected chi connectivity index (χ3v) is 7.35. The number of para-hydroxylation sites is 3. The van der Waals surface area contributed by atoms with Crippen LogP contribution in [-0.4, -0.2) is 9.55 Å². The molecule has 0 spiro atoms. The SMILES string of the molecule is [2H]C([2H])([2H])c1nc2ccccc2n1-c1c2ccccc2c(-c2ccc3oc4ccccc4c3c2)c2ccccc12. The van der Waals surface area contributed by atoms with Gasteiger partial charge in [0.05, 0.1) is 16.7 Å². The molecule has 0 aliphatic heterocycles. The summed E-state index contributed by atoms with van der Waals surface area (Å²) >= 11 is 0. The lowest BCUT2D eigenvalue weighted by Crippen LogP contribution is -2.01. The van der Waals surface area contributed by atoms with E-state index in [0.717, 1.165) is 65.8 Å². The first kappa shape index (κ1) is 17.5. The van der Waals surface area contributed by atoms with E-state index in [4.69, 9.17) is 8.53 Å². The lowest BCUT2D eigenvalue weighted by Gasteiger charge is -2.19. The van der Waals surface area contributed by atoms with E-state index >= 15 is 0 Å². The van der Waals surface area contributed by atoms with Gasteiger partial charge < -0.3 is 4.42 Å². The maximum atomic E-state index is 8.36. The third-order valence-electron chi connectivity index (χ3n) is 7.35. The molecular weight excluding hydrogens is 452 g/mol. The maximum absolute atomic E-state index is 8.36. The molecule has 3 nitrogen and oxygen atoms in total. The van der Waals surface area contributed by atoms with Crippen molar-refractivity contribution in [3.63, 3.8) is 0 Å². The van der Waals surface area contributed by atoms with Crippen molar-refractivity contribution in [2.75, 3.05) is 0 Å². The van der Waals surface area contributed by atoms with Crippen LogP contribution in [0, 0.1) is 6.85 Å². The zero-order valence-corrected chi connectivity index (χ0v) is 19.8. The standard InChI is InChI=1S/C34H22N2O/c1-21-35-29-15-7-8-16-30(29)36(21)34-26-13-4-2-11-24(26)33(25-12-3-5-14-27(25)34)22-18-19-32-28(20-22)23-10-6-9-17-31(23)37-32/h2-20H,1H3/i1D3. The first-order chi connectivity index (χ1) is 19.5. The summed E-state index contributed by atoms with van der Waals surface area (Å²) in [4.78, 5) is 4.60. The second-order valence-corrected chi connectivity index (χ2v) is 9.38. The van der Waals surface area contributed by atoms with Gasteiger partial charge in [0.15, 0.2) is 0 Å². The molecule has 0 atom stereocenters. The molecule has 37 heavy (non-hydrogen) atoms. The van der Waals surface area contributed by atoms with Crippen LogP contribution >= 0.6 is 0 Å². The van der Waals surface area contributed by atoms with Gasteiger partial charge in [-0.15, -0.1) is 0 Å². The Labute approximate surface area is 217 Å². The van der Waals surface area contributed by atoms with Crippen LogP contribution < -0.4 is 0 Å². The van der Waals surface area contributed by atoms with E-state index in [0.29, 0.717) is 5.52 Å². The molecule has 2 aromatic heterocycles. The molecule has 0 aliphatic carbocycles. The third kappa shape index (κ3) is 2.85. The Morgan fingerprint density at radius 2 is 1.24 bits per heavy atom. The molecule has 8 aromatic rings. The molecule has 3 heteroatoms. The molecule has 0 unspecified atom stereocenters. The maximum Gasteiger partial charge on any atom is 0.135 e. The molecule has 0 fully saturated rings. The topological polar surface area (TPSA) is 31.0 Å². The quantitative estimate of drug-likeness (QED) is 0.232. The molecule has 0 N–H and O–H groups in total. The molecule has 174 valence electrons. The lowest BCUT2D eigenvalue weighted by molar-refractivity contribution is 0.669. The summed E-state index contributed by atoms with van der Waals surface area (Å²) in [5.41, 5.74) is 6.13. The molecule has 2 heterocycles. The Bertz CT molecular complexity index is 2220. The number of aromatic nitrogens is 2. The highest BCUT2D eigenvalue weighted by Crippen LogP contribution is 2.43. The molecule has 6 aromatic carbocycles. The monoisotopic (exact) mass is 477 g/mol. The number of fused-ring (bicyclic) bond motifs is 6. The van der Waals surface area contributed by atoms with Crippen LogP contribution in [0.5, 0.6) is 0 Å². The molecule has 0 amide bonds. The van der Waals surface area contributed by atoms with Crippen LogP contribution in [-0.2, 0) is 0 Å². The number of imidazole rings is 1. The second-order valence-electron chi connectivity index (χ2n) is 9.38. The zero-order valence-electron chi connectivity index (χ0n) is 22.8. The number of furan rings is 1. The van der Waals surface area contributed by atoms with Gasteiger partial charge in [-0.25, -0.2) is 4.98 Å². The Kier molecular flexibility index (Phi) is 3.58. The fraction of sp³-hybridized carbons (Fsp3) is 0.0294. The average Bonchev–Trinajstić information content (AvgIpc) is 3.54. The summed E-state index contributed by atoms with van der Waals surface area (Å²) in [7, 11) is 0. The molecule has 0 saturated carbocycles. The minimum absolute atomic E-state index is 0.0584. The van der Waals surface area contributed by atoms with Crippen LogP contribution in [0.2, 0.25) is 0 Å². The van der Waals surface area contributed by atoms with Gasteiger partial charge in [-0.1, -0.05) is 84.9 Å². The minimum atomic E-state index is -2.40. The predicted octanol–water partition coefficient (Wildman–Crippen LogP) is 9.21. The van der Waals surface area contributed by atoms with Gasteiger partial charge in [-0.05, 0) is 59.1 Å². The van der Waals surface area contributed by atoms with Crippen molar-refractivity contribution in [2.45, 2.75) is 6.85 Å². The highest BCUT2D eigenvalue weighted by Gasteiger charge is 2.20. The average molecular weight is 478 g/mol. The summed E-state index contributed by atoms with van der Waals surface area (Å²) in [6.07, 6.45) is 0. The first-order valence-corrected chi connectivity index (χ1v) is 12.3. The van der Waals surface area contributed by atoms with Crippen molar-refractivity contribution in [2.24, 2.45) is 0 Å². The summed E-state index contributed by atoms with van der Waals surface area (Å²) in [5.74, 6) is 0.0584. The van der Waals surface area contributed by atoms with Gasteiger partial charge in [0.2, 0.25) is 0 Å². The van der Waals surface area contributed by atoms with Crippen molar-refractivity contribution < 1.29 is 8.53 Å². The van der Waals surface area contributed by atoms with Gasteiger partial charge in [0.1, 0.15) is 17.0 Å². The predicted molar refractivity (Wildman–Crippen MR) is 154 cm³/mol. The van der Waals surface area contributed by atoms with E-state index < -0.39 is 6.85 Å². The molecule has 8 rings (SSSR count). The molecule has 0 aliphatic rings. The molecule has 0 saturated heterocycles. The van der Waals surface area contributed by atoms with Gasteiger partial charge in [0, 0.05) is 25.7 Å². The molecule has 0 radical (unpaired) electrons. The van der Waals surface area contributed by atoms with Gasteiger partial charge in [-0.2, -0.15) is 0 Å². The van der Waals surface area contributed by atoms with E-state index in [2.05, 4.69) is 47.4 Å². The van der Waals surface area contributed by atoms with Crippen molar-refractivity contribution in [1.82, 2.24) is 9.55 Å². The van der Waals surface area contributed by atoms with Crippen molar-refractivity contribution in [3.05, 3.63) is 121 Å². The van der Waals surface area contributed by atoms with E-state index in [1.54, 1.807) is 0 Å². The lowest BCUT2D eigenvalue weighted by atomic mass is 9.90. The van der Waals surface area contributed by atoms with Crippen molar-refractivity contribution in [3.8, 4) is 16.8 Å². The Balaban J connectivity index is 1.53. The number of aryl methyl sites for hydroxylation is 1. The zero-order chi connectivity index (χ0) is 27.0. The van der Waals surface area contributed by atoms with Crippen LogP contribution in [0.1, 0.15) is 9.94 Å². The Morgan fingerprint density at radius 1 is 0.622 bits per heavy atom. The van der Waals surface area contributed by atoms with Gasteiger partial charge in [-0.3, -0.25) is 4.57 Å². The first-order valence-electron chi connectivity index (χ1n) is 13.8. The van der Waals surface area contributed by atoms with Crippen molar-refractivity contribution in [1.29, 1.82) is 0 Å². The van der Waals surface area contributed by atoms with Crippen LogP contribution in [0.3, 0.4) is 0 Å². The summed E-state index contributed by atoms with van der Waals surface area (Å²) in [6, 6.07) is 38.5. The number of hydrogen-bond donors (Lipinski definition) is 0. The summed E-state index contributed by atoms with van der Waals surface area (Å²) in [6.45, 7) is -2.40. The Morgan fingerprint density at radius 3 is 2.00 bits per heavy atom. The fourth-order valence-corrected chi connectivity index (χ4v) is 5.79. The van der Waals surface area contributed by atoms with Crippen LogP contribution in [0.4, 0.5) is 0 Å². The van der Waals surface area contributed by atoms with Gasteiger partial charge >= 0.3 is 0 Å². The number of rotatable bonds is 2. The second kappa shape index (κ2) is 7.55. The summed E-state index contributed by atoms with van der Waals surface area (Å²) in [5, 5.41) is 6.15. The largest absolute Gasteiger partial charge is 0.456 e. The number of hydrogen-bond acceptors (Lipinski definition) is 2. The van der Waals surface area contributed by atoms with E-state index in [1.807, 2.05) is 77.4 Å². The highest BCUT2D eigenvalue weighted by molar-refractivity contribution is 6.19. The number of benzene rings is 6. The summed E-state index contributed by atoms with van der Waals surface area (Å²) < 4.78 is 33.0. The van der Waals surface area contributed by atoms with E-state index in [-0.39, 0.29) is 5.82 Å². The fourth-order valence-electron chi connectivity index (χ4n) is 5.79. The highest BCUT2D eigenvalue weighted by atomic mass is 16.3. The van der Waals surface area contributed by atoms with Crippen molar-refractivity contribution >= 4 is 54.5 Å². The van der Waals surface area contributed by atoms with Crippen LogP contribution in [0.25, 0.3) is 71.3 Å². The smallest absolute Gasteiger partial charge is 0.135 e. The van der Waals surface area contributed by atoms with E-state index in [9.17, 15) is 0 Å². The molecular formula is C34H22N2O. The molecule has 0 bridgehead atoms. The Hall–Kier alpha value is -4.89. The van der Waals surface area contributed by atoms with Crippen LogP contribution in [0.15, 0.2) is 120 Å². The normalized spacial score (nSPS) is 13.5. The number of nitrogens with zero attached hydrogens (tertiary/aromatic N) is 2.